The van der Waals surface area contributed by atoms with Crippen LogP contribution in [0, 0.1) is 5.82 Å². The highest BCUT2D eigenvalue weighted by atomic mass is 32.1. The molecule has 5 nitrogen and oxygen atoms in total. The number of hydrogen-bond donors (Lipinski definition) is 0. The van der Waals surface area contributed by atoms with Crippen LogP contribution in [-0.2, 0) is 16.1 Å². The van der Waals surface area contributed by atoms with Crippen molar-refractivity contribution in [1.82, 2.24) is 14.8 Å². The van der Waals surface area contributed by atoms with Crippen LogP contribution < -0.4 is 0 Å². The van der Waals surface area contributed by atoms with Crippen LogP contribution in [0.1, 0.15) is 5.69 Å². The number of carbonyl (C=O) groups excluding carboxylic acids is 1. The second-order valence-electron chi connectivity index (χ2n) is 5.74. The number of nitrogens with zero attached hydrogens (tertiary/aromatic N) is 3. The molecule has 0 saturated carbocycles. The molecule has 1 aromatic heterocycles. The van der Waals surface area contributed by atoms with Crippen molar-refractivity contribution >= 4 is 17.2 Å². The molecule has 1 aromatic carbocycles. The number of halogens is 1. The lowest BCUT2D eigenvalue weighted by molar-refractivity contribution is -0.136. The summed E-state index contributed by atoms with van der Waals surface area (Å²) >= 11 is 1.57. The number of ether oxygens (including phenoxy) is 1. The zero-order valence-electron chi connectivity index (χ0n) is 13.6. The quantitative estimate of drug-likeness (QED) is 0.831. The number of amides is 1. The number of thiazole rings is 1. The first kappa shape index (κ1) is 17.0. The fourth-order valence-corrected chi connectivity index (χ4v) is 3.52. The molecule has 128 valence electrons. The van der Waals surface area contributed by atoms with Crippen molar-refractivity contribution in [1.29, 1.82) is 0 Å². The lowest BCUT2D eigenvalue weighted by Crippen LogP contribution is -2.49. The van der Waals surface area contributed by atoms with Gasteiger partial charge in [0.2, 0.25) is 5.91 Å². The molecule has 0 aliphatic carbocycles. The lowest BCUT2D eigenvalue weighted by atomic mass is 10.2. The minimum Gasteiger partial charge on any atom is -0.375 e. The van der Waals surface area contributed by atoms with Crippen LogP contribution in [0.15, 0.2) is 29.6 Å². The molecule has 0 spiro atoms. The van der Waals surface area contributed by atoms with Gasteiger partial charge in [-0.3, -0.25) is 9.69 Å². The summed E-state index contributed by atoms with van der Waals surface area (Å²) in [5.74, 6) is -0.194. The monoisotopic (exact) mass is 349 g/mol. The SMILES string of the molecule is COCC(=O)N1CCN(Cc2csc(-c3ccc(F)cc3)n2)CC1. The number of rotatable bonds is 5. The fraction of sp³-hybridized carbons (Fsp3) is 0.412. The molecule has 0 bridgehead atoms. The molecule has 0 unspecified atom stereocenters. The van der Waals surface area contributed by atoms with Crippen LogP contribution in [0.2, 0.25) is 0 Å². The fourth-order valence-electron chi connectivity index (χ4n) is 2.70. The molecule has 1 amide bonds. The first-order chi connectivity index (χ1) is 11.7. The number of hydrogen-bond acceptors (Lipinski definition) is 5. The minimum absolute atomic E-state index is 0.0457. The molecule has 7 heteroatoms. The molecule has 2 heterocycles. The summed E-state index contributed by atoms with van der Waals surface area (Å²) in [5.41, 5.74) is 1.94. The average molecular weight is 349 g/mol. The molecule has 2 aromatic rings. The Kier molecular flexibility index (Phi) is 5.55. The maximum Gasteiger partial charge on any atom is 0.248 e. The van der Waals surface area contributed by atoms with Crippen LogP contribution in [0.5, 0.6) is 0 Å². The Bertz CT molecular complexity index is 681. The second-order valence-corrected chi connectivity index (χ2v) is 6.60. The average Bonchev–Trinajstić information content (AvgIpc) is 3.05. The Morgan fingerprint density at radius 1 is 1.25 bits per heavy atom. The Morgan fingerprint density at radius 3 is 2.62 bits per heavy atom. The summed E-state index contributed by atoms with van der Waals surface area (Å²) < 4.78 is 17.9. The van der Waals surface area contributed by atoms with Crippen LogP contribution in [-0.4, -0.2) is 60.6 Å². The highest BCUT2D eigenvalue weighted by Crippen LogP contribution is 2.24. The Morgan fingerprint density at radius 2 is 1.96 bits per heavy atom. The number of carbonyl (C=O) groups is 1. The normalized spacial score (nSPS) is 15.7. The first-order valence-corrected chi connectivity index (χ1v) is 8.73. The highest BCUT2D eigenvalue weighted by molar-refractivity contribution is 7.13. The number of benzene rings is 1. The van der Waals surface area contributed by atoms with Crippen molar-refractivity contribution in [3.05, 3.63) is 41.2 Å². The van der Waals surface area contributed by atoms with E-state index in [9.17, 15) is 9.18 Å². The van der Waals surface area contributed by atoms with Gasteiger partial charge < -0.3 is 9.64 Å². The van der Waals surface area contributed by atoms with Gasteiger partial charge in [0, 0.05) is 50.8 Å². The van der Waals surface area contributed by atoms with E-state index in [-0.39, 0.29) is 18.3 Å². The van der Waals surface area contributed by atoms with E-state index in [1.54, 1.807) is 23.5 Å². The summed E-state index contributed by atoms with van der Waals surface area (Å²) in [5, 5.41) is 2.94. The van der Waals surface area contributed by atoms with E-state index in [1.165, 1.54) is 19.2 Å². The van der Waals surface area contributed by atoms with Crippen LogP contribution in [0.25, 0.3) is 10.6 Å². The predicted molar refractivity (Wildman–Crippen MR) is 91.2 cm³/mol. The van der Waals surface area contributed by atoms with Crippen LogP contribution >= 0.6 is 11.3 Å². The summed E-state index contributed by atoms with van der Waals surface area (Å²) in [6.07, 6.45) is 0. The Balaban J connectivity index is 1.54. The molecule has 3 rings (SSSR count). The minimum atomic E-state index is -0.239. The van der Waals surface area contributed by atoms with E-state index >= 15 is 0 Å². The van der Waals surface area contributed by atoms with E-state index in [2.05, 4.69) is 9.88 Å². The molecule has 24 heavy (non-hydrogen) atoms. The third kappa shape index (κ3) is 4.17. The summed E-state index contributed by atoms with van der Waals surface area (Å²) in [4.78, 5) is 20.6. The molecule has 1 saturated heterocycles. The summed E-state index contributed by atoms with van der Waals surface area (Å²) in [6.45, 7) is 4.02. The molecular formula is C17H20FN3O2S. The van der Waals surface area contributed by atoms with E-state index in [4.69, 9.17) is 4.74 Å². The molecule has 1 aliphatic rings. The van der Waals surface area contributed by atoms with Gasteiger partial charge in [0.25, 0.3) is 0 Å². The van der Waals surface area contributed by atoms with Gasteiger partial charge in [0.15, 0.2) is 0 Å². The van der Waals surface area contributed by atoms with E-state index in [0.717, 1.165) is 49.0 Å². The van der Waals surface area contributed by atoms with Gasteiger partial charge in [-0.25, -0.2) is 9.37 Å². The first-order valence-electron chi connectivity index (χ1n) is 7.85. The zero-order valence-corrected chi connectivity index (χ0v) is 14.4. The maximum atomic E-state index is 13.0. The molecule has 1 fully saturated rings. The van der Waals surface area contributed by atoms with Crippen molar-refractivity contribution in [3.8, 4) is 10.6 Å². The Labute approximate surface area is 144 Å². The topological polar surface area (TPSA) is 45.7 Å². The number of methoxy groups -OCH3 is 1. The number of piperazine rings is 1. The van der Waals surface area contributed by atoms with Gasteiger partial charge in [-0.2, -0.15) is 0 Å². The van der Waals surface area contributed by atoms with Crippen LogP contribution in [0.3, 0.4) is 0 Å². The number of aromatic nitrogens is 1. The van der Waals surface area contributed by atoms with Crippen molar-refractivity contribution < 1.29 is 13.9 Å². The summed E-state index contributed by atoms with van der Waals surface area (Å²) in [7, 11) is 1.54. The second kappa shape index (κ2) is 7.83. The van der Waals surface area contributed by atoms with Crippen molar-refractivity contribution in [3.63, 3.8) is 0 Å². The zero-order chi connectivity index (χ0) is 16.9. The van der Waals surface area contributed by atoms with Gasteiger partial charge >= 0.3 is 0 Å². The van der Waals surface area contributed by atoms with Gasteiger partial charge in [0.05, 0.1) is 5.69 Å². The maximum absolute atomic E-state index is 13.0. The van der Waals surface area contributed by atoms with E-state index < -0.39 is 0 Å². The van der Waals surface area contributed by atoms with Gasteiger partial charge in [-0.05, 0) is 24.3 Å². The van der Waals surface area contributed by atoms with Crippen molar-refractivity contribution in [2.24, 2.45) is 0 Å². The molecule has 1 aliphatic heterocycles. The molecular weight excluding hydrogens is 329 g/mol. The van der Waals surface area contributed by atoms with Gasteiger partial charge in [-0.1, -0.05) is 0 Å². The summed E-state index contributed by atoms with van der Waals surface area (Å²) in [6, 6.07) is 6.40. The Hall–Kier alpha value is -1.83. The molecule has 0 atom stereocenters. The van der Waals surface area contributed by atoms with E-state index in [0.29, 0.717) is 0 Å². The van der Waals surface area contributed by atoms with E-state index in [1.807, 2.05) is 10.3 Å². The van der Waals surface area contributed by atoms with Crippen molar-refractivity contribution in [2.75, 3.05) is 39.9 Å². The third-order valence-electron chi connectivity index (χ3n) is 4.02. The van der Waals surface area contributed by atoms with Crippen LogP contribution in [0.4, 0.5) is 4.39 Å². The third-order valence-corrected chi connectivity index (χ3v) is 4.96. The largest absolute Gasteiger partial charge is 0.375 e. The smallest absolute Gasteiger partial charge is 0.248 e. The predicted octanol–water partition coefficient (Wildman–Crippen LogP) is 2.24. The van der Waals surface area contributed by atoms with Gasteiger partial charge in [0.1, 0.15) is 17.4 Å². The molecule has 0 N–H and O–H groups in total. The van der Waals surface area contributed by atoms with Crippen molar-refractivity contribution in [2.45, 2.75) is 6.54 Å². The van der Waals surface area contributed by atoms with Gasteiger partial charge in [-0.15, -0.1) is 11.3 Å². The lowest BCUT2D eigenvalue weighted by Gasteiger charge is -2.34. The highest BCUT2D eigenvalue weighted by Gasteiger charge is 2.21. The molecule has 0 radical (unpaired) electrons. The standard InChI is InChI=1S/C17H20FN3O2S/c1-23-11-16(22)21-8-6-20(7-9-21)10-15-12-24-17(19-15)13-2-4-14(18)5-3-13/h2-5,12H,6-11H2,1H3.